The third-order valence-corrected chi connectivity index (χ3v) is 5.26. The molecule has 1 fully saturated rings. The molecule has 0 aliphatic heterocycles. The summed E-state index contributed by atoms with van der Waals surface area (Å²) >= 11 is 0. The molecule has 0 unspecified atom stereocenters. The van der Waals surface area contributed by atoms with Gasteiger partial charge in [0.1, 0.15) is 5.82 Å². The van der Waals surface area contributed by atoms with Crippen LogP contribution in [0.4, 0.5) is 4.39 Å². The van der Waals surface area contributed by atoms with Gasteiger partial charge in [0.2, 0.25) is 0 Å². The van der Waals surface area contributed by atoms with E-state index in [1.165, 1.54) is 6.92 Å². The fourth-order valence-corrected chi connectivity index (χ4v) is 3.84. The number of carbonyl (C=O) groups excluding carboxylic acids is 1. The summed E-state index contributed by atoms with van der Waals surface area (Å²) in [6.45, 7) is 1.91. The average Bonchev–Trinajstić information content (AvgIpc) is 2.87. The molecule has 2 rings (SSSR count). The summed E-state index contributed by atoms with van der Waals surface area (Å²) < 4.78 is 36.7. The molecule has 1 aliphatic rings. The molecule has 21 heavy (non-hydrogen) atoms. The normalized spacial score (nSPS) is 16.1. The highest BCUT2D eigenvalue weighted by Gasteiger charge is 2.22. The van der Waals surface area contributed by atoms with Crippen LogP contribution < -0.4 is 5.32 Å². The van der Waals surface area contributed by atoms with Gasteiger partial charge in [-0.05, 0) is 43.4 Å². The molecule has 1 aromatic carbocycles. The van der Waals surface area contributed by atoms with E-state index in [0.717, 1.165) is 37.8 Å². The van der Waals surface area contributed by atoms with Crippen molar-refractivity contribution >= 4 is 25.6 Å². The SMILES string of the molecule is Cc1cc(F)c(C(=O)NCC2CCCC2)cc1S(=O)(=O)Cl. The predicted octanol–water partition coefficient (Wildman–Crippen LogP) is 2.98. The first-order valence-corrected chi connectivity index (χ1v) is 9.13. The predicted molar refractivity (Wildman–Crippen MR) is 78.5 cm³/mol. The molecular formula is C14H17ClFNO3S. The van der Waals surface area contributed by atoms with Gasteiger partial charge >= 0.3 is 0 Å². The molecule has 0 spiro atoms. The fraction of sp³-hybridized carbons (Fsp3) is 0.500. The molecule has 4 nitrogen and oxygen atoms in total. The van der Waals surface area contributed by atoms with E-state index in [1.807, 2.05) is 0 Å². The first-order chi connectivity index (χ1) is 9.79. The molecule has 0 radical (unpaired) electrons. The zero-order valence-electron chi connectivity index (χ0n) is 11.7. The number of aryl methyl sites for hydroxylation is 1. The van der Waals surface area contributed by atoms with E-state index in [2.05, 4.69) is 5.32 Å². The summed E-state index contributed by atoms with van der Waals surface area (Å²) in [6.07, 6.45) is 4.40. The van der Waals surface area contributed by atoms with E-state index in [-0.39, 0.29) is 16.0 Å². The van der Waals surface area contributed by atoms with Crippen LogP contribution in [-0.4, -0.2) is 20.9 Å². The third kappa shape index (κ3) is 3.95. The number of nitrogens with one attached hydrogen (secondary N) is 1. The van der Waals surface area contributed by atoms with Gasteiger partial charge in [-0.15, -0.1) is 0 Å². The lowest BCUT2D eigenvalue weighted by atomic mass is 10.1. The lowest BCUT2D eigenvalue weighted by Crippen LogP contribution is -2.29. The highest BCUT2D eigenvalue weighted by atomic mass is 35.7. The highest BCUT2D eigenvalue weighted by Crippen LogP contribution is 2.25. The Hall–Kier alpha value is -1.14. The first kappa shape index (κ1) is 16.2. The Bertz CT molecular complexity index is 654. The lowest BCUT2D eigenvalue weighted by molar-refractivity contribution is 0.0943. The van der Waals surface area contributed by atoms with Crippen molar-refractivity contribution in [2.24, 2.45) is 5.92 Å². The van der Waals surface area contributed by atoms with Crippen LogP contribution in [0.1, 0.15) is 41.6 Å². The van der Waals surface area contributed by atoms with Crippen LogP contribution in [0.3, 0.4) is 0 Å². The second-order valence-corrected chi connectivity index (χ2v) is 7.93. The van der Waals surface area contributed by atoms with Gasteiger partial charge in [-0.25, -0.2) is 12.8 Å². The minimum atomic E-state index is -4.01. The number of hydrogen-bond donors (Lipinski definition) is 1. The van der Waals surface area contributed by atoms with Crippen LogP contribution in [0.15, 0.2) is 17.0 Å². The Morgan fingerprint density at radius 3 is 2.57 bits per heavy atom. The van der Waals surface area contributed by atoms with Crippen LogP contribution >= 0.6 is 10.7 Å². The van der Waals surface area contributed by atoms with Crippen molar-refractivity contribution < 1.29 is 17.6 Å². The van der Waals surface area contributed by atoms with Crippen molar-refractivity contribution in [2.75, 3.05) is 6.54 Å². The van der Waals surface area contributed by atoms with Gasteiger partial charge in [0.05, 0.1) is 10.5 Å². The summed E-state index contributed by atoms with van der Waals surface area (Å²) in [5, 5.41) is 2.66. The van der Waals surface area contributed by atoms with Crippen molar-refractivity contribution in [2.45, 2.75) is 37.5 Å². The highest BCUT2D eigenvalue weighted by molar-refractivity contribution is 8.13. The number of hydrogen-bond acceptors (Lipinski definition) is 3. The Morgan fingerprint density at radius 1 is 1.38 bits per heavy atom. The number of amides is 1. The Kier molecular flexibility index (Phi) is 4.88. The zero-order chi connectivity index (χ0) is 15.6. The van der Waals surface area contributed by atoms with Crippen LogP contribution in [0.25, 0.3) is 0 Å². The van der Waals surface area contributed by atoms with E-state index in [4.69, 9.17) is 10.7 Å². The molecule has 7 heteroatoms. The summed E-state index contributed by atoms with van der Waals surface area (Å²) in [6, 6.07) is 2.01. The van der Waals surface area contributed by atoms with E-state index >= 15 is 0 Å². The van der Waals surface area contributed by atoms with Crippen LogP contribution in [0, 0.1) is 18.7 Å². The number of halogens is 2. The molecule has 116 valence electrons. The topological polar surface area (TPSA) is 63.2 Å². The number of benzene rings is 1. The smallest absolute Gasteiger partial charge is 0.261 e. The summed E-state index contributed by atoms with van der Waals surface area (Å²) in [7, 11) is 1.28. The molecule has 1 N–H and O–H groups in total. The largest absolute Gasteiger partial charge is 0.352 e. The quantitative estimate of drug-likeness (QED) is 0.861. The average molecular weight is 334 g/mol. The van der Waals surface area contributed by atoms with E-state index in [9.17, 15) is 17.6 Å². The lowest BCUT2D eigenvalue weighted by Gasteiger charge is -2.12. The molecule has 0 atom stereocenters. The molecular weight excluding hydrogens is 317 g/mol. The fourth-order valence-electron chi connectivity index (χ4n) is 2.64. The van der Waals surface area contributed by atoms with Gasteiger partial charge in [-0.1, -0.05) is 12.8 Å². The molecule has 1 aromatic rings. The van der Waals surface area contributed by atoms with Crippen molar-refractivity contribution in [3.63, 3.8) is 0 Å². The maximum atomic E-state index is 13.9. The molecule has 0 saturated heterocycles. The molecule has 1 aliphatic carbocycles. The van der Waals surface area contributed by atoms with Gasteiger partial charge < -0.3 is 5.32 Å². The summed E-state index contributed by atoms with van der Waals surface area (Å²) in [5.41, 5.74) is -0.118. The Balaban J connectivity index is 2.20. The maximum Gasteiger partial charge on any atom is 0.261 e. The monoisotopic (exact) mass is 333 g/mol. The zero-order valence-corrected chi connectivity index (χ0v) is 13.2. The van der Waals surface area contributed by atoms with Gasteiger partial charge in [0.25, 0.3) is 15.0 Å². The Labute approximate surface area is 128 Å². The van der Waals surface area contributed by atoms with Crippen LogP contribution in [0.2, 0.25) is 0 Å². The van der Waals surface area contributed by atoms with E-state index in [0.29, 0.717) is 12.5 Å². The van der Waals surface area contributed by atoms with E-state index in [1.54, 1.807) is 0 Å². The minimum absolute atomic E-state index is 0.176. The van der Waals surface area contributed by atoms with Gasteiger partial charge in [-0.3, -0.25) is 4.79 Å². The number of rotatable bonds is 4. The first-order valence-electron chi connectivity index (χ1n) is 6.82. The molecule has 0 aromatic heterocycles. The van der Waals surface area contributed by atoms with Crippen LogP contribution in [-0.2, 0) is 9.05 Å². The van der Waals surface area contributed by atoms with Crippen LogP contribution in [0.5, 0.6) is 0 Å². The van der Waals surface area contributed by atoms with Crippen molar-refractivity contribution in [1.29, 1.82) is 0 Å². The van der Waals surface area contributed by atoms with Crippen molar-refractivity contribution in [3.05, 3.63) is 29.1 Å². The van der Waals surface area contributed by atoms with Gasteiger partial charge in [0.15, 0.2) is 0 Å². The second kappa shape index (κ2) is 6.32. The van der Waals surface area contributed by atoms with Gasteiger partial charge in [-0.2, -0.15) is 0 Å². The molecule has 1 amide bonds. The summed E-state index contributed by atoms with van der Waals surface area (Å²) in [4.78, 5) is 11.8. The third-order valence-electron chi connectivity index (χ3n) is 3.80. The second-order valence-electron chi connectivity index (χ2n) is 5.40. The molecule has 0 bridgehead atoms. The van der Waals surface area contributed by atoms with Gasteiger partial charge in [0, 0.05) is 17.2 Å². The molecule has 0 heterocycles. The Morgan fingerprint density at radius 2 is 2.00 bits per heavy atom. The standard InChI is InChI=1S/C14H17ClFNO3S/c1-9-6-12(16)11(7-13(9)21(15,19)20)14(18)17-8-10-4-2-3-5-10/h6-7,10H,2-5,8H2,1H3,(H,17,18). The summed E-state index contributed by atoms with van der Waals surface area (Å²) in [5.74, 6) is -0.944. The van der Waals surface area contributed by atoms with Crippen molar-refractivity contribution in [3.8, 4) is 0 Å². The van der Waals surface area contributed by atoms with E-state index < -0.39 is 20.8 Å². The molecule has 1 saturated carbocycles. The number of carbonyl (C=O) groups is 1. The minimum Gasteiger partial charge on any atom is -0.352 e. The maximum absolute atomic E-state index is 13.9. The van der Waals surface area contributed by atoms with Crippen molar-refractivity contribution in [1.82, 2.24) is 5.32 Å².